The van der Waals surface area contributed by atoms with Crippen LogP contribution in [-0.4, -0.2) is 26.2 Å². The van der Waals surface area contributed by atoms with Gasteiger partial charge in [-0.3, -0.25) is 0 Å². The third-order valence-corrected chi connectivity index (χ3v) is 3.41. The highest BCUT2D eigenvalue weighted by Gasteiger charge is 2.17. The number of carbonyl (C=O) groups is 1. The zero-order valence-electron chi connectivity index (χ0n) is 11.7. The smallest absolute Gasteiger partial charge is 0.337 e. The lowest BCUT2D eigenvalue weighted by Crippen LogP contribution is -2.33. The molecule has 0 bridgehead atoms. The number of rotatable bonds is 4. The summed E-state index contributed by atoms with van der Waals surface area (Å²) in [4.78, 5) is 13.6. The zero-order chi connectivity index (χ0) is 13.9. The van der Waals surface area contributed by atoms with Crippen molar-refractivity contribution < 1.29 is 9.53 Å². The van der Waals surface area contributed by atoms with Crippen molar-refractivity contribution in [2.24, 2.45) is 5.92 Å². The van der Waals surface area contributed by atoms with Gasteiger partial charge in [-0.05, 0) is 31.0 Å². The van der Waals surface area contributed by atoms with Crippen LogP contribution < -0.4 is 10.6 Å². The summed E-state index contributed by atoms with van der Waals surface area (Å²) in [6.45, 7) is 6.44. The lowest BCUT2D eigenvalue weighted by Gasteiger charge is -2.31. The second kappa shape index (κ2) is 5.76. The number of carbonyl (C=O) groups excluding carboxylic acids is 1. The van der Waals surface area contributed by atoms with E-state index in [2.05, 4.69) is 25.7 Å². The predicted octanol–water partition coefficient (Wildman–Crippen LogP) is 2.54. The van der Waals surface area contributed by atoms with Crippen molar-refractivity contribution in [1.82, 2.24) is 0 Å². The molecule has 0 heterocycles. The third kappa shape index (κ3) is 2.94. The van der Waals surface area contributed by atoms with Gasteiger partial charge in [-0.1, -0.05) is 13.8 Å². The summed E-state index contributed by atoms with van der Waals surface area (Å²) in [5.74, 6) is 0.151. The first-order valence-electron chi connectivity index (χ1n) is 6.09. The minimum absolute atomic E-state index is 0.334. The van der Waals surface area contributed by atoms with E-state index in [1.54, 1.807) is 18.2 Å². The summed E-state index contributed by atoms with van der Waals surface area (Å²) in [6, 6.07) is 5.53. The number of hydrogen-bond acceptors (Lipinski definition) is 4. The Labute approximate surface area is 109 Å². The van der Waals surface area contributed by atoms with E-state index in [0.29, 0.717) is 23.2 Å². The molecule has 4 nitrogen and oxygen atoms in total. The summed E-state index contributed by atoms with van der Waals surface area (Å²) in [7, 11) is 3.36. The van der Waals surface area contributed by atoms with Crippen LogP contribution in [0, 0.1) is 5.92 Å². The number of benzene rings is 1. The molecular formula is C14H22N2O2. The summed E-state index contributed by atoms with van der Waals surface area (Å²) in [6.07, 6.45) is 0. The third-order valence-electron chi connectivity index (χ3n) is 3.41. The van der Waals surface area contributed by atoms with E-state index in [9.17, 15) is 4.79 Å². The highest BCUT2D eigenvalue weighted by atomic mass is 16.5. The Morgan fingerprint density at radius 2 is 1.94 bits per heavy atom. The van der Waals surface area contributed by atoms with Gasteiger partial charge in [0.05, 0.1) is 24.0 Å². The first-order valence-corrected chi connectivity index (χ1v) is 6.09. The van der Waals surface area contributed by atoms with Crippen molar-refractivity contribution >= 4 is 17.3 Å². The number of methoxy groups -OCH3 is 1. The van der Waals surface area contributed by atoms with Gasteiger partial charge >= 0.3 is 5.97 Å². The first kappa shape index (κ1) is 14.4. The number of esters is 1. The Bertz CT molecular complexity index is 430. The molecule has 100 valence electrons. The van der Waals surface area contributed by atoms with E-state index >= 15 is 0 Å². The molecule has 1 unspecified atom stereocenters. The fraction of sp³-hybridized carbons (Fsp3) is 0.500. The fourth-order valence-electron chi connectivity index (χ4n) is 1.76. The van der Waals surface area contributed by atoms with E-state index in [4.69, 9.17) is 10.5 Å². The summed E-state index contributed by atoms with van der Waals surface area (Å²) in [5, 5.41) is 0. The Kier molecular flexibility index (Phi) is 4.59. The van der Waals surface area contributed by atoms with Crippen molar-refractivity contribution in [2.75, 3.05) is 24.8 Å². The molecule has 0 aliphatic heterocycles. The maximum Gasteiger partial charge on any atom is 0.337 e. The Morgan fingerprint density at radius 1 is 1.33 bits per heavy atom. The molecule has 0 aliphatic carbocycles. The first-order chi connectivity index (χ1) is 8.38. The summed E-state index contributed by atoms with van der Waals surface area (Å²) < 4.78 is 4.72. The Morgan fingerprint density at radius 3 is 2.44 bits per heavy atom. The summed E-state index contributed by atoms with van der Waals surface area (Å²) >= 11 is 0. The number of nitrogens with two attached hydrogens (primary N) is 1. The molecular weight excluding hydrogens is 228 g/mol. The lowest BCUT2D eigenvalue weighted by atomic mass is 10.0. The molecule has 0 saturated heterocycles. The van der Waals surface area contributed by atoms with Gasteiger partial charge in [0.2, 0.25) is 0 Å². The quantitative estimate of drug-likeness (QED) is 0.659. The molecule has 0 amide bonds. The molecule has 0 spiro atoms. The molecule has 1 aromatic rings. The summed E-state index contributed by atoms with van der Waals surface area (Å²) in [5.41, 5.74) is 8.02. The van der Waals surface area contributed by atoms with E-state index in [-0.39, 0.29) is 5.97 Å². The molecule has 0 saturated carbocycles. The van der Waals surface area contributed by atoms with Gasteiger partial charge in [-0.15, -0.1) is 0 Å². The second-order valence-electron chi connectivity index (χ2n) is 4.86. The molecule has 1 rings (SSSR count). The van der Waals surface area contributed by atoms with Crippen LogP contribution in [0.1, 0.15) is 31.1 Å². The Balaban J connectivity index is 3.11. The maximum atomic E-state index is 11.5. The maximum absolute atomic E-state index is 11.5. The van der Waals surface area contributed by atoms with Crippen molar-refractivity contribution in [2.45, 2.75) is 26.8 Å². The zero-order valence-corrected chi connectivity index (χ0v) is 11.7. The SMILES string of the molecule is COC(=O)c1ccc(N)c(N(C)C(C)C(C)C)c1. The van der Waals surface area contributed by atoms with E-state index in [1.807, 2.05) is 7.05 Å². The van der Waals surface area contributed by atoms with Crippen LogP contribution in [-0.2, 0) is 4.74 Å². The minimum atomic E-state index is -0.346. The lowest BCUT2D eigenvalue weighted by molar-refractivity contribution is 0.0601. The van der Waals surface area contributed by atoms with Crippen LogP contribution in [0.2, 0.25) is 0 Å². The van der Waals surface area contributed by atoms with E-state index in [1.165, 1.54) is 7.11 Å². The van der Waals surface area contributed by atoms with Crippen LogP contribution in [0.4, 0.5) is 11.4 Å². The molecule has 1 atom stereocenters. The van der Waals surface area contributed by atoms with Crippen molar-refractivity contribution in [3.63, 3.8) is 0 Å². The average Bonchev–Trinajstić information content (AvgIpc) is 2.36. The second-order valence-corrected chi connectivity index (χ2v) is 4.86. The van der Waals surface area contributed by atoms with Gasteiger partial charge in [-0.25, -0.2) is 4.79 Å². The van der Waals surface area contributed by atoms with Gasteiger partial charge in [0.15, 0.2) is 0 Å². The van der Waals surface area contributed by atoms with Crippen molar-refractivity contribution in [3.05, 3.63) is 23.8 Å². The predicted molar refractivity (Wildman–Crippen MR) is 74.9 cm³/mol. The molecule has 1 aromatic carbocycles. The molecule has 0 fully saturated rings. The normalized spacial score (nSPS) is 12.3. The number of nitrogen functional groups attached to an aromatic ring is 1. The topological polar surface area (TPSA) is 55.6 Å². The molecule has 18 heavy (non-hydrogen) atoms. The van der Waals surface area contributed by atoms with Gasteiger partial charge in [0.1, 0.15) is 0 Å². The molecule has 0 aromatic heterocycles. The van der Waals surface area contributed by atoms with Crippen LogP contribution in [0.5, 0.6) is 0 Å². The Hall–Kier alpha value is -1.71. The number of anilines is 2. The minimum Gasteiger partial charge on any atom is -0.465 e. The van der Waals surface area contributed by atoms with Gasteiger partial charge in [0.25, 0.3) is 0 Å². The van der Waals surface area contributed by atoms with Crippen LogP contribution in [0.3, 0.4) is 0 Å². The van der Waals surface area contributed by atoms with Crippen LogP contribution >= 0.6 is 0 Å². The standard InChI is InChI=1S/C14H22N2O2/c1-9(2)10(3)16(4)13-8-11(14(17)18-5)6-7-12(13)15/h6-10H,15H2,1-5H3. The fourth-order valence-corrected chi connectivity index (χ4v) is 1.76. The number of ether oxygens (including phenoxy) is 1. The van der Waals surface area contributed by atoms with Crippen LogP contribution in [0.15, 0.2) is 18.2 Å². The highest BCUT2D eigenvalue weighted by molar-refractivity contribution is 5.92. The van der Waals surface area contributed by atoms with Crippen LogP contribution in [0.25, 0.3) is 0 Å². The van der Waals surface area contributed by atoms with Crippen molar-refractivity contribution in [3.8, 4) is 0 Å². The van der Waals surface area contributed by atoms with E-state index < -0.39 is 0 Å². The molecule has 0 radical (unpaired) electrons. The van der Waals surface area contributed by atoms with E-state index in [0.717, 1.165) is 5.69 Å². The number of nitrogens with zero attached hydrogens (tertiary/aromatic N) is 1. The van der Waals surface area contributed by atoms with Crippen molar-refractivity contribution in [1.29, 1.82) is 0 Å². The van der Waals surface area contributed by atoms with Gasteiger partial charge in [0, 0.05) is 13.1 Å². The molecule has 2 N–H and O–H groups in total. The largest absolute Gasteiger partial charge is 0.465 e. The highest BCUT2D eigenvalue weighted by Crippen LogP contribution is 2.27. The monoisotopic (exact) mass is 250 g/mol. The van der Waals surface area contributed by atoms with Gasteiger partial charge in [-0.2, -0.15) is 0 Å². The average molecular weight is 250 g/mol. The number of hydrogen-bond donors (Lipinski definition) is 1. The van der Waals surface area contributed by atoms with Gasteiger partial charge < -0.3 is 15.4 Å². The molecule has 4 heteroatoms. The molecule has 0 aliphatic rings.